The molecular weight excluding hydrogens is 248 g/mol. The first-order valence-electron chi connectivity index (χ1n) is 7.29. The molecule has 1 saturated carbocycles. The molecule has 20 heavy (non-hydrogen) atoms. The predicted octanol–water partition coefficient (Wildman–Crippen LogP) is 3.48. The monoisotopic (exact) mass is 270 g/mol. The number of nitrogens with zero attached hydrogens (tertiary/aromatic N) is 1. The average molecular weight is 270 g/mol. The van der Waals surface area contributed by atoms with Crippen molar-refractivity contribution < 1.29 is 4.42 Å². The van der Waals surface area contributed by atoms with Crippen molar-refractivity contribution >= 4 is 5.69 Å². The highest BCUT2D eigenvalue weighted by molar-refractivity contribution is 5.47. The summed E-state index contributed by atoms with van der Waals surface area (Å²) in [6.07, 6.45) is 2.62. The molecule has 106 valence electrons. The molecule has 0 amide bonds. The molecule has 1 fully saturated rings. The van der Waals surface area contributed by atoms with Crippen molar-refractivity contribution in [1.29, 1.82) is 0 Å². The van der Waals surface area contributed by atoms with Gasteiger partial charge in [0.05, 0.1) is 13.1 Å². The van der Waals surface area contributed by atoms with Crippen LogP contribution in [0, 0.1) is 6.92 Å². The summed E-state index contributed by atoms with van der Waals surface area (Å²) in [6.45, 7) is 3.76. The zero-order valence-corrected chi connectivity index (χ0v) is 12.2. The van der Waals surface area contributed by atoms with Gasteiger partial charge in [-0.05, 0) is 49.6 Å². The van der Waals surface area contributed by atoms with E-state index in [0.717, 1.165) is 30.7 Å². The molecular formula is C17H22N2O. The van der Waals surface area contributed by atoms with E-state index in [0.29, 0.717) is 0 Å². The standard InChI is InChI=1S/C17H22N2O/c1-13-4-3-5-15(10-13)19(2)12-17-9-8-16(20-17)11-18-14-6-7-14/h3-5,8-10,14,18H,6-7,11-12H2,1-2H3. The Morgan fingerprint density at radius 2 is 2.00 bits per heavy atom. The normalized spacial score (nSPS) is 14.5. The summed E-state index contributed by atoms with van der Waals surface area (Å²) in [5, 5.41) is 3.47. The van der Waals surface area contributed by atoms with Crippen LogP contribution in [-0.2, 0) is 13.1 Å². The molecule has 1 aromatic carbocycles. The lowest BCUT2D eigenvalue weighted by molar-refractivity contribution is 0.445. The highest BCUT2D eigenvalue weighted by Crippen LogP contribution is 2.21. The number of hydrogen-bond donors (Lipinski definition) is 1. The van der Waals surface area contributed by atoms with Crippen molar-refractivity contribution in [1.82, 2.24) is 5.32 Å². The second-order valence-electron chi connectivity index (χ2n) is 5.72. The lowest BCUT2D eigenvalue weighted by Gasteiger charge is -2.18. The quantitative estimate of drug-likeness (QED) is 0.871. The molecule has 3 nitrogen and oxygen atoms in total. The van der Waals surface area contributed by atoms with Crippen LogP contribution in [0.2, 0.25) is 0 Å². The fraction of sp³-hybridized carbons (Fsp3) is 0.412. The molecule has 1 aliphatic rings. The van der Waals surface area contributed by atoms with Crippen LogP contribution in [0.3, 0.4) is 0 Å². The number of anilines is 1. The van der Waals surface area contributed by atoms with E-state index in [2.05, 4.69) is 60.6 Å². The molecule has 3 heteroatoms. The van der Waals surface area contributed by atoms with Gasteiger partial charge in [-0.2, -0.15) is 0 Å². The maximum atomic E-state index is 5.88. The van der Waals surface area contributed by atoms with Gasteiger partial charge in [0.2, 0.25) is 0 Å². The maximum absolute atomic E-state index is 5.88. The largest absolute Gasteiger partial charge is 0.463 e. The molecule has 2 aromatic rings. The number of nitrogens with one attached hydrogen (secondary N) is 1. The maximum Gasteiger partial charge on any atom is 0.123 e. The number of benzene rings is 1. The molecule has 0 aliphatic heterocycles. The summed E-state index contributed by atoms with van der Waals surface area (Å²) >= 11 is 0. The molecule has 0 bridgehead atoms. The van der Waals surface area contributed by atoms with Crippen LogP contribution >= 0.6 is 0 Å². The Morgan fingerprint density at radius 1 is 1.20 bits per heavy atom. The van der Waals surface area contributed by atoms with Crippen LogP contribution < -0.4 is 10.2 Å². The van der Waals surface area contributed by atoms with Crippen LogP contribution in [-0.4, -0.2) is 13.1 Å². The van der Waals surface area contributed by atoms with E-state index >= 15 is 0 Å². The van der Waals surface area contributed by atoms with Gasteiger partial charge < -0.3 is 14.6 Å². The summed E-state index contributed by atoms with van der Waals surface area (Å²) in [5.41, 5.74) is 2.50. The number of furan rings is 1. The van der Waals surface area contributed by atoms with Crippen LogP contribution in [0.15, 0.2) is 40.8 Å². The average Bonchev–Trinajstić information content (AvgIpc) is 3.16. The molecule has 3 rings (SSSR count). The Kier molecular flexibility index (Phi) is 3.79. The summed E-state index contributed by atoms with van der Waals surface area (Å²) in [6, 6.07) is 13.4. The highest BCUT2D eigenvalue weighted by atomic mass is 16.3. The summed E-state index contributed by atoms with van der Waals surface area (Å²) in [4.78, 5) is 2.21. The Morgan fingerprint density at radius 3 is 2.75 bits per heavy atom. The number of rotatable bonds is 6. The van der Waals surface area contributed by atoms with Gasteiger partial charge >= 0.3 is 0 Å². The lowest BCUT2D eigenvalue weighted by atomic mass is 10.2. The van der Waals surface area contributed by atoms with E-state index in [-0.39, 0.29) is 0 Å². The Bertz CT molecular complexity index is 572. The summed E-state index contributed by atoms with van der Waals surface area (Å²) in [7, 11) is 2.10. The van der Waals surface area contributed by atoms with Crippen molar-refractivity contribution in [2.45, 2.75) is 38.9 Å². The van der Waals surface area contributed by atoms with Gasteiger partial charge in [-0.15, -0.1) is 0 Å². The van der Waals surface area contributed by atoms with Gasteiger partial charge in [0.1, 0.15) is 11.5 Å². The zero-order valence-electron chi connectivity index (χ0n) is 12.2. The third-order valence-corrected chi connectivity index (χ3v) is 3.70. The SMILES string of the molecule is Cc1cccc(N(C)Cc2ccc(CNC3CC3)o2)c1. The van der Waals surface area contributed by atoms with Gasteiger partial charge in [0.25, 0.3) is 0 Å². The summed E-state index contributed by atoms with van der Waals surface area (Å²) in [5.74, 6) is 2.05. The summed E-state index contributed by atoms with van der Waals surface area (Å²) < 4.78 is 5.88. The van der Waals surface area contributed by atoms with Crippen LogP contribution in [0.25, 0.3) is 0 Å². The molecule has 0 radical (unpaired) electrons. The zero-order chi connectivity index (χ0) is 13.9. The lowest BCUT2D eigenvalue weighted by Crippen LogP contribution is -2.16. The van der Waals surface area contributed by atoms with Crippen molar-refractivity contribution in [3.05, 3.63) is 53.5 Å². The van der Waals surface area contributed by atoms with Gasteiger partial charge in [-0.25, -0.2) is 0 Å². The molecule has 1 heterocycles. The van der Waals surface area contributed by atoms with E-state index in [4.69, 9.17) is 4.42 Å². The van der Waals surface area contributed by atoms with E-state index in [9.17, 15) is 0 Å². The van der Waals surface area contributed by atoms with Gasteiger partial charge in [0, 0.05) is 18.8 Å². The van der Waals surface area contributed by atoms with Gasteiger partial charge in [-0.1, -0.05) is 12.1 Å². The van der Waals surface area contributed by atoms with Crippen molar-refractivity contribution in [2.75, 3.05) is 11.9 Å². The minimum Gasteiger partial charge on any atom is -0.463 e. The first-order chi connectivity index (χ1) is 9.70. The van der Waals surface area contributed by atoms with Crippen LogP contribution in [0.5, 0.6) is 0 Å². The Hall–Kier alpha value is -1.74. The molecule has 0 spiro atoms. The molecule has 1 N–H and O–H groups in total. The van der Waals surface area contributed by atoms with Gasteiger partial charge in [-0.3, -0.25) is 0 Å². The minimum absolute atomic E-state index is 0.721. The van der Waals surface area contributed by atoms with Crippen molar-refractivity contribution in [2.24, 2.45) is 0 Å². The first kappa shape index (κ1) is 13.3. The fourth-order valence-corrected chi connectivity index (χ4v) is 2.33. The van der Waals surface area contributed by atoms with E-state index in [1.54, 1.807) is 0 Å². The van der Waals surface area contributed by atoms with E-state index in [1.165, 1.54) is 24.1 Å². The number of hydrogen-bond acceptors (Lipinski definition) is 3. The third kappa shape index (κ3) is 3.42. The van der Waals surface area contributed by atoms with Crippen LogP contribution in [0.4, 0.5) is 5.69 Å². The molecule has 1 aliphatic carbocycles. The second kappa shape index (κ2) is 5.71. The minimum atomic E-state index is 0.721. The predicted molar refractivity (Wildman–Crippen MR) is 81.9 cm³/mol. The highest BCUT2D eigenvalue weighted by Gasteiger charge is 2.20. The second-order valence-corrected chi connectivity index (χ2v) is 5.72. The molecule has 0 unspecified atom stereocenters. The fourth-order valence-electron chi connectivity index (χ4n) is 2.33. The first-order valence-corrected chi connectivity index (χ1v) is 7.29. The van der Waals surface area contributed by atoms with Gasteiger partial charge in [0.15, 0.2) is 0 Å². The van der Waals surface area contributed by atoms with Crippen molar-refractivity contribution in [3.63, 3.8) is 0 Å². The van der Waals surface area contributed by atoms with Crippen molar-refractivity contribution in [3.8, 4) is 0 Å². The Balaban J connectivity index is 1.59. The third-order valence-electron chi connectivity index (χ3n) is 3.70. The molecule has 0 atom stereocenters. The molecule has 0 saturated heterocycles. The van der Waals surface area contributed by atoms with E-state index in [1.807, 2.05) is 0 Å². The smallest absolute Gasteiger partial charge is 0.123 e. The topological polar surface area (TPSA) is 28.4 Å². The van der Waals surface area contributed by atoms with E-state index < -0.39 is 0 Å². The number of aryl methyl sites for hydroxylation is 1. The Labute approximate surface area is 120 Å². The van der Waals surface area contributed by atoms with Crippen LogP contribution in [0.1, 0.15) is 29.9 Å². The molecule has 1 aromatic heterocycles.